The van der Waals surface area contributed by atoms with E-state index in [-0.39, 0.29) is 5.82 Å². The lowest BCUT2D eigenvalue weighted by atomic mass is 9.75. The van der Waals surface area contributed by atoms with E-state index >= 15 is 0 Å². The summed E-state index contributed by atoms with van der Waals surface area (Å²) in [6.07, 6.45) is 1.89. The van der Waals surface area contributed by atoms with Gasteiger partial charge < -0.3 is 5.32 Å². The molecule has 1 N–H and O–H groups in total. The average molecular weight is 291 g/mol. The molecule has 4 heteroatoms. The van der Waals surface area contributed by atoms with Crippen molar-refractivity contribution < 1.29 is 4.39 Å². The van der Waals surface area contributed by atoms with E-state index in [2.05, 4.69) is 10.3 Å². The molecule has 1 fully saturated rings. The maximum Gasteiger partial charge on any atom is 0.129 e. The summed E-state index contributed by atoms with van der Waals surface area (Å²) in [5, 5.41) is 3.95. The van der Waals surface area contributed by atoms with Gasteiger partial charge in [0.25, 0.3) is 0 Å². The lowest BCUT2D eigenvalue weighted by Crippen LogP contribution is -2.34. The monoisotopic (exact) mass is 290 g/mol. The lowest BCUT2D eigenvalue weighted by Gasteiger charge is -2.37. The number of anilines is 1. The van der Waals surface area contributed by atoms with Gasteiger partial charge in [-0.15, -0.1) is 0 Å². The van der Waals surface area contributed by atoms with Crippen LogP contribution in [0.25, 0.3) is 0 Å². The third-order valence-electron chi connectivity index (χ3n) is 3.89. The minimum absolute atomic E-state index is 0.0970. The summed E-state index contributed by atoms with van der Waals surface area (Å²) in [5.74, 6) is 0.217. The molecule has 2 aromatic rings. The Morgan fingerprint density at radius 2 is 1.95 bits per heavy atom. The Morgan fingerprint density at radius 1 is 1.20 bits per heavy atom. The molecule has 0 bridgehead atoms. The molecule has 1 heterocycles. The standard InChI is InChI=1S/C16H16ClFN2/c1-10-15(6-7-16(17)19-10)20-12-8-11(9-12)13-4-2-3-5-14(13)18/h2-7,11-12,20H,8-9H2,1H3. The number of nitrogens with zero attached hydrogens (tertiary/aromatic N) is 1. The predicted octanol–water partition coefficient (Wildman–Crippen LogP) is 4.54. The summed E-state index contributed by atoms with van der Waals surface area (Å²) in [4.78, 5) is 4.22. The van der Waals surface area contributed by atoms with E-state index in [4.69, 9.17) is 11.6 Å². The fraction of sp³-hybridized carbons (Fsp3) is 0.312. The second-order valence-electron chi connectivity index (χ2n) is 5.30. The molecule has 3 rings (SSSR count). The van der Waals surface area contributed by atoms with Crippen LogP contribution in [0.15, 0.2) is 36.4 Å². The quantitative estimate of drug-likeness (QED) is 0.840. The SMILES string of the molecule is Cc1nc(Cl)ccc1NC1CC(c2ccccc2F)C1. The highest BCUT2D eigenvalue weighted by atomic mass is 35.5. The molecule has 1 saturated carbocycles. The second kappa shape index (κ2) is 5.41. The summed E-state index contributed by atoms with van der Waals surface area (Å²) in [7, 11) is 0. The maximum absolute atomic E-state index is 13.7. The van der Waals surface area contributed by atoms with Crippen molar-refractivity contribution in [1.29, 1.82) is 0 Å². The molecule has 0 amide bonds. The summed E-state index contributed by atoms with van der Waals surface area (Å²) < 4.78 is 13.7. The number of nitrogens with one attached hydrogen (secondary N) is 1. The molecule has 0 saturated heterocycles. The van der Waals surface area contributed by atoms with Crippen LogP contribution < -0.4 is 5.32 Å². The molecule has 1 aliphatic carbocycles. The molecule has 0 unspecified atom stereocenters. The number of benzene rings is 1. The minimum atomic E-state index is -0.0970. The number of aromatic nitrogens is 1. The Morgan fingerprint density at radius 3 is 2.65 bits per heavy atom. The predicted molar refractivity (Wildman–Crippen MR) is 79.8 cm³/mol. The van der Waals surface area contributed by atoms with E-state index in [0.717, 1.165) is 29.8 Å². The van der Waals surface area contributed by atoms with Gasteiger partial charge in [0.2, 0.25) is 0 Å². The van der Waals surface area contributed by atoms with Gasteiger partial charge in [0.05, 0.1) is 11.4 Å². The molecule has 1 aromatic heterocycles. The van der Waals surface area contributed by atoms with Gasteiger partial charge in [-0.3, -0.25) is 0 Å². The number of rotatable bonds is 3. The Hall–Kier alpha value is -1.61. The van der Waals surface area contributed by atoms with Crippen LogP contribution in [0.3, 0.4) is 0 Å². The highest BCUT2D eigenvalue weighted by molar-refractivity contribution is 6.29. The molecular weight excluding hydrogens is 275 g/mol. The summed E-state index contributed by atoms with van der Waals surface area (Å²) in [5.41, 5.74) is 2.73. The highest BCUT2D eigenvalue weighted by Gasteiger charge is 2.32. The highest BCUT2D eigenvalue weighted by Crippen LogP contribution is 2.39. The fourth-order valence-corrected chi connectivity index (χ4v) is 2.89. The van der Waals surface area contributed by atoms with E-state index < -0.39 is 0 Å². The third kappa shape index (κ3) is 2.63. The van der Waals surface area contributed by atoms with Gasteiger partial charge in [0.15, 0.2) is 0 Å². The Kier molecular flexibility index (Phi) is 3.62. The first-order chi connectivity index (χ1) is 9.63. The summed E-state index contributed by atoms with van der Waals surface area (Å²) in [6.45, 7) is 1.93. The molecular formula is C16H16ClFN2. The molecule has 0 radical (unpaired) electrons. The first-order valence-electron chi connectivity index (χ1n) is 6.77. The molecule has 0 atom stereocenters. The van der Waals surface area contributed by atoms with Crippen molar-refractivity contribution >= 4 is 17.3 Å². The number of halogens is 2. The third-order valence-corrected chi connectivity index (χ3v) is 4.11. The van der Waals surface area contributed by atoms with Gasteiger partial charge in [0, 0.05) is 6.04 Å². The van der Waals surface area contributed by atoms with E-state index in [1.165, 1.54) is 6.07 Å². The van der Waals surface area contributed by atoms with E-state index in [9.17, 15) is 4.39 Å². The van der Waals surface area contributed by atoms with Gasteiger partial charge in [-0.05, 0) is 49.4 Å². The minimum Gasteiger partial charge on any atom is -0.381 e. The molecule has 0 aliphatic heterocycles. The first kappa shape index (κ1) is 13.4. The number of pyridine rings is 1. The Balaban J connectivity index is 1.62. The van der Waals surface area contributed by atoms with Crippen LogP contribution in [0.4, 0.5) is 10.1 Å². The van der Waals surface area contributed by atoms with Crippen molar-refractivity contribution in [2.24, 2.45) is 0 Å². The van der Waals surface area contributed by atoms with Crippen LogP contribution in [0.2, 0.25) is 5.15 Å². The number of hydrogen-bond donors (Lipinski definition) is 1. The van der Waals surface area contributed by atoms with Crippen molar-refractivity contribution in [3.63, 3.8) is 0 Å². The summed E-state index contributed by atoms with van der Waals surface area (Å²) >= 11 is 5.84. The first-order valence-corrected chi connectivity index (χ1v) is 7.15. The molecule has 0 spiro atoms. The van der Waals surface area contributed by atoms with Gasteiger partial charge in [-0.2, -0.15) is 0 Å². The Labute approximate surface area is 123 Å². The van der Waals surface area contributed by atoms with Gasteiger partial charge >= 0.3 is 0 Å². The van der Waals surface area contributed by atoms with Crippen LogP contribution in [0.1, 0.15) is 30.0 Å². The van der Waals surface area contributed by atoms with Crippen LogP contribution in [-0.2, 0) is 0 Å². The molecule has 104 valence electrons. The van der Waals surface area contributed by atoms with Crippen LogP contribution in [0, 0.1) is 12.7 Å². The average Bonchev–Trinajstić information content (AvgIpc) is 2.37. The van der Waals surface area contributed by atoms with Crippen LogP contribution in [0.5, 0.6) is 0 Å². The van der Waals surface area contributed by atoms with E-state index in [1.54, 1.807) is 12.1 Å². The van der Waals surface area contributed by atoms with Crippen molar-refractivity contribution in [3.8, 4) is 0 Å². The molecule has 1 aromatic carbocycles. The van der Waals surface area contributed by atoms with Crippen molar-refractivity contribution in [2.75, 3.05) is 5.32 Å². The smallest absolute Gasteiger partial charge is 0.129 e. The van der Waals surface area contributed by atoms with E-state index in [0.29, 0.717) is 17.1 Å². The zero-order valence-electron chi connectivity index (χ0n) is 11.2. The summed E-state index contributed by atoms with van der Waals surface area (Å²) in [6, 6.07) is 11.1. The largest absolute Gasteiger partial charge is 0.381 e. The van der Waals surface area contributed by atoms with Crippen molar-refractivity contribution in [1.82, 2.24) is 4.98 Å². The number of hydrogen-bond acceptors (Lipinski definition) is 2. The lowest BCUT2D eigenvalue weighted by molar-refractivity contribution is 0.363. The van der Waals surface area contributed by atoms with E-state index in [1.807, 2.05) is 25.1 Å². The number of aryl methyl sites for hydroxylation is 1. The second-order valence-corrected chi connectivity index (χ2v) is 5.69. The van der Waals surface area contributed by atoms with Gasteiger partial charge in [-0.25, -0.2) is 9.37 Å². The van der Waals surface area contributed by atoms with Crippen LogP contribution >= 0.6 is 11.6 Å². The molecule has 1 aliphatic rings. The maximum atomic E-state index is 13.7. The van der Waals surface area contributed by atoms with Crippen LogP contribution in [-0.4, -0.2) is 11.0 Å². The molecule has 2 nitrogen and oxygen atoms in total. The van der Waals surface area contributed by atoms with Gasteiger partial charge in [0.1, 0.15) is 11.0 Å². The molecule has 20 heavy (non-hydrogen) atoms. The normalized spacial score (nSPS) is 21.4. The Bertz CT molecular complexity index is 624. The zero-order valence-corrected chi connectivity index (χ0v) is 12.0. The topological polar surface area (TPSA) is 24.9 Å². The van der Waals surface area contributed by atoms with Crippen molar-refractivity contribution in [3.05, 3.63) is 58.6 Å². The fourth-order valence-electron chi connectivity index (χ4n) is 2.70. The van der Waals surface area contributed by atoms with Gasteiger partial charge in [-0.1, -0.05) is 29.8 Å². The van der Waals surface area contributed by atoms with Crippen molar-refractivity contribution in [2.45, 2.75) is 31.7 Å². The zero-order chi connectivity index (χ0) is 14.1.